The number of nitrogens with one attached hydrogen (secondary N) is 1. The maximum Gasteiger partial charge on any atom is 0.321 e. The molecule has 1 atom stereocenters. The van der Waals surface area contributed by atoms with Gasteiger partial charge < -0.3 is 5.11 Å². The van der Waals surface area contributed by atoms with Crippen molar-refractivity contribution in [3.05, 3.63) is 0 Å². The predicted octanol–water partition coefficient (Wildman–Crippen LogP) is 1.74. The molecule has 0 aliphatic heterocycles. The van der Waals surface area contributed by atoms with Gasteiger partial charge in [-0.25, -0.2) is 13.1 Å². The summed E-state index contributed by atoms with van der Waals surface area (Å²) in [6, 6.07) is -0.985. The van der Waals surface area contributed by atoms with Gasteiger partial charge >= 0.3 is 5.97 Å². The number of rotatable bonds is 10. The maximum absolute atomic E-state index is 11.6. The number of carboxylic acid groups (broad SMARTS) is 1. The summed E-state index contributed by atoms with van der Waals surface area (Å²) in [5.74, 6) is -1.09. The van der Waals surface area contributed by atoms with Gasteiger partial charge in [0.15, 0.2) is 0 Å². The van der Waals surface area contributed by atoms with Crippen LogP contribution in [0.2, 0.25) is 0 Å². The van der Waals surface area contributed by atoms with Crippen LogP contribution in [0.5, 0.6) is 0 Å². The third-order valence-electron chi connectivity index (χ3n) is 2.48. The molecule has 0 heterocycles. The van der Waals surface area contributed by atoms with Gasteiger partial charge in [0.05, 0.1) is 5.75 Å². The zero-order valence-electron chi connectivity index (χ0n) is 10.6. The van der Waals surface area contributed by atoms with E-state index in [4.69, 9.17) is 5.11 Å². The second kappa shape index (κ2) is 8.47. The number of hydrogen-bond acceptors (Lipinski definition) is 3. The Balaban J connectivity index is 4.27. The number of sulfonamides is 1. The molecular weight excluding hydrogens is 242 g/mol. The highest BCUT2D eigenvalue weighted by atomic mass is 32.2. The zero-order valence-corrected chi connectivity index (χ0v) is 11.4. The Morgan fingerprint density at radius 3 is 2.24 bits per heavy atom. The second-order valence-electron chi connectivity index (χ2n) is 4.18. The quantitative estimate of drug-likeness (QED) is 0.589. The van der Waals surface area contributed by atoms with Crippen molar-refractivity contribution < 1.29 is 18.3 Å². The first kappa shape index (κ1) is 16.4. The standard InChI is InChI=1S/C11H23NO4S/c1-3-5-7-9-17(15,16)12-10(11(13)14)8-6-4-2/h10,12H,3-9H2,1-2H3,(H,13,14)/t10-/m0/s1. The van der Waals surface area contributed by atoms with E-state index in [0.29, 0.717) is 19.3 Å². The Bertz CT molecular complexity index is 313. The fraction of sp³-hybridized carbons (Fsp3) is 0.909. The van der Waals surface area contributed by atoms with Crippen LogP contribution in [0.1, 0.15) is 52.4 Å². The van der Waals surface area contributed by atoms with Crippen molar-refractivity contribution in [1.82, 2.24) is 4.72 Å². The number of carbonyl (C=O) groups is 1. The molecule has 102 valence electrons. The van der Waals surface area contributed by atoms with E-state index in [1.165, 1.54) is 0 Å². The molecular formula is C11H23NO4S. The lowest BCUT2D eigenvalue weighted by Crippen LogP contribution is -2.41. The fourth-order valence-corrected chi connectivity index (χ4v) is 2.81. The Kier molecular flexibility index (Phi) is 8.16. The van der Waals surface area contributed by atoms with E-state index in [0.717, 1.165) is 19.3 Å². The van der Waals surface area contributed by atoms with Crippen molar-refractivity contribution in [2.24, 2.45) is 0 Å². The smallest absolute Gasteiger partial charge is 0.321 e. The largest absolute Gasteiger partial charge is 0.480 e. The lowest BCUT2D eigenvalue weighted by molar-refractivity contribution is -0.139. The van der Waals surface area contributed by atoms with Crippen molar-refractivity contribution in [2.75, 3.05) is 5.75 Å². The first-order chi connectivity index (χ1) is 7.93. The summed E-state index contributed by atoms with van der Waals surface area (Å²) >= 11 is 0. The van der Waals surface area contributed by atoms with Crippen molar-refractivity contribution in [3.63, 3.8) is 0 Å². The van der Waals surface area contributed by atoms with Gasteiger partial charge in [0.1, 0.15) is 6.04 Å². The SMILES string of the molecule is CCCCCS(=O)(=O)N[C@@H](CCCC)C(=O)O. The van der Waals surface area contributed by atoms with Crippen LogP contribution < -0.4 is 4.72 Å². The highest BCUT2D eigenvalue weighted by Crippen LogP contribution is 2.04. The van der Waals surface area contributed by atoms with Crippen molar-refractivity contribution >= 4 is 16.0 Å². The summed E-state index contributed by atoms with van der Waals surface area (Å²) < 4.78 is 25.5. The van der Waals surface area contributed by atoms with E-state index >= 15 is 0 Å². The number of unbranched alkanes of at least 4 members (excludes halogenated alkanes) is 3. The van der Waals surface area contributed by atoms with E-state index in [9.17, 15) is 13.2 Å². The summed E-state index contributed by atoms with van der Waals surface area (Å²) in [4.78, 5) is 10.9. The Labute approximate surface area is 104 Å². The van der Waals surface area contributed by atoms with Crippen LogP contribution in [0.4, 0.5) is 0 Å². The Hall–Kier alpha value is -0.620. The van der Waals surface area contributed by atoms with Crippen LogP contribution >= 0.6 is 0 Å². The molecule has 0 bridgehead atoms. The van der Waals surface area contributed by atoms with Crippen LogP contribution in [-0.4, -0.2) is 31.3 Å². The van der Waals surface area contributed by atoms with Crippen LogP contribution in [-0.2, 0) is 14.8 Å². The number of hydrogen-bond donors (Lipinski definition) is 2. The van der Waals surface area contributed by atoms with Gasteiger partial charge in [-0.2, -0.15) is 0 Å². The Morgan fingerprint density at radius 1 is 1.18 bits per heavy atom. The molecule has 0 spiro atoms. The van der Waals surface area contributed by atoms with Crippen molar-refractivity contribution in [2.45, 2.75) is 58.4 Å². The summed E-state index contributed by atoms with van der Waals surface area (Å²) in [6.07, 6.45) is 4.25. The van der Waals surface area contributed by atoms with Gasteiger partial charge in [-0.15, -0.1) is 0 Å². The molecule has 0 rings (SSSR count). The third kappa shape index (κ3) is 8.15. The molecule has 0 radical (unpaired) electrons. The minimum Gasteiger partial charge on any atom is -0.480 e. The van der Waals surface area contributed by atoms with Gasteiger partial charge in [0.2, 0.25) is 10.0 Å². The van der Waals surface area contributed by atoms with Gasteiger partial charge in [0.25, 0.3) is 0 Å². The van der Waals surface area contributed by atoms with Gasteiger partial charge in [-0.1, -0.05) is 39.5 Å². The highest BCUT2D eigenvalue weighted by Gasteiger charge is 2.22. The first-order valence-electron chi connectivity index (χ1n) is 6.15. The number of aliphatic carboxylic acids is 1. The average molecular weight is 265 g/mol. The summed E-state index contributed by atoms with van der Waals surface area (Å²) in [5.41, 5.74) is 0. The molecule has 0 aromatic carbocycles. The van der Waals surface area contributed by atoms with Gasteiger partial charge in [-0.3, -0.25) is 4.79 Å². The second-order valence-corrected chi connectivity index (χ2v) is 6.05. The van der Waals surface area contributed by atoms with E-state index < -0.39 is 22.0 Å². The van der Waals surface area contributed by atoms with Crippen LogP contribution in [0, 0.1) is 0 Å². The topological polar surface area (TPSA) is 83.5 Å². The third-order valence-corrected chi connectivity index (χ3v) is 3.95. The highest BCUT2D eigenvalue weighted by molar-refractivity contribution is 7.89. The lowest BCUT2D eigenvalue weighted by Gasteiger charge is -2.14. The molecule has 0 aromatic rings. The molecule has 0 aromatic heterocycles. The zero-order chi connectivity index (χ0) is 13.3. The van der Waals surface area contributed by atoms with Gasteiger partial charge in [-0.05, 0) is 12.8 Å². The maximum atomic E-state index is 11.6. The molecule has 0 aliphatic carbocycles. The molecule has 17 heavy (non-hydrogen) atoms. The molecule has 0 saturated heterocycles. The van der Waals surface area contributed by atoms with E-state index in [1.54, 1.807) is 0 Å². The molecule has 5 nitrogen and oxygen atoms in total. The molecule has 0 amide bonds. The molecule has 0 aliphatic rings. The molecule has 0 fully saturated rings. The monoisotopic (exact) mass is 265 g/mol. The number of carboxylic acids is 1. The predicted molar refractivity (Wildman–Crippen MR) is 67.4 cm³/mol. The minimum atomic E-state index is -3.46. The van der Waals surface area contributed by atoms with Crippen LogP contribution in [0.25, 0.3) is 0 Å². The van der Waals surface area contributed by atoms with E-state index in [2.05, 4.69) is 4.72 Å². The summed E-state index contributed by atoms with van der Waals surface area (Å²) in [5, 5.41) is 8.91. The molecule has 0 saturated carbocycles. The lowest BCUT2D eigenvalue weighted by atomic mass is 10.1. The van der Waals surface area contributed by atoms with Crippen LogP contribution in [0.15, 0.2) is 0 Å². The normalized spacial score (nSPS) is 13.5. The Morgan fingerprint density at radius 2 is 1.76 bits per heavy atom. The van der Waals surface area contributed by atoms with Gasteiger partial charge in [0, 0.05) is 0 Å². The van der Waals surface area contributed by atoms with Crippen LogP contribution in [0.3, 0.4) is 0 Å². The van der Waals surface area contributed by atoms with Crippen molar-refractivity contribution in [3.8, 4) is 0 Å². The van der Waals surface area contributed by atoms with E-state index in [-0.39, 0.29) is 5.75 Å². The minimum absolute atomic E-state index is 0.0107. The first-order valence-corrected chi connectivity index (χ1v) is 7.81. The fourth-order valence-electron chi connectivity index (χ4n) is 1.46. The van der Waals surface area contributed by atoms with E-state index in [1.807, 2.05) is 13.8 Å². The van der Waals surface area contributed by atoms with Crippen molar-refractivity contribution in [1.29, 1.82) is 0 Å². The summed E-state index contributed by atoms with van der Waals surface area (Å²) in [7, 11) is -3.46. The average Bonchev–Trinajstić information content (AvgIpc) is 2.24. The molecule has 6 heteroatoms. The molecule has 0 unspecified atom stereocenters. The molecule has 2 N–H and O–H groups in total. The summed E-state index contributed by atoms with van der Waals surface area (Å²) in [6.45, 7) is 3.93.